The Labute approximate surface area is 176 Å². The van der Waals surface area contributed by atoms with E-state index in [-0.39, 0.29) is 17.6 Å². The molecule has 8 nitrogen and oxygen atoms in total. The summed E-state index contributed by atoms with van der Waals surface area (Å²) in [4.78, 5) is 23.9. The molecule has 8 heteroatoms. The number of fused-ring (bicyclic) bond motifs is 1. The average Bonchev–Trinajstić information content (AvgIpc) is 2.74. The molecule has 2 aliphatic rings. The summed E-state index contributed by atoms with van der Waals surface area (Å²) in [5.74, 6) is 0.0617. The number of aliphatic hydroxyl groups excluding tert-OH is 1. The molecule has 4 N–H and O–H groups in total. The number of aliphatic hydroxyl groups is 1. The minimum Gasteiger partial charge on any atom is -0.390 e. The fourth-order valence-corrected chi connectivity index (χ4v) is 4.48. The van der Waals surface area contributed by atoms with Crippen LogP contribution in [0.4, 0.5) is 5.82 Å². The molecule has 0 unspecified atom stereocenters. The van der Waals surface area contributed by atoms with Gasteiger partial charge in [-0.2, -0.15) is 0 Å². The highest BCUT2D eigenvalue weighted by molar-refractivity contribution is 6.07. The number of anilines is 1. The predicted molar refractivity (Wildman–Crippen MR) is 117 cm³/mol. The van der Waals surface area contributed by atoms with E-state index in [1.807, 2.05) is 29.2 Å². The number of rotatable bonds is 4. The first-order valence-electron chi connectivity index (χ1n) is 10.8. The maximum absolute atomic E-state index is 12.7. The third-order valence-electron chi connectivity index (χ3n) is 6.00. The topological polar surface area (TPSA) is 114 Å². The van der Waals surface area contributed by atoms with Gasteiger partial charge in [-0.1, -0.05) is 31.4 Å². The number of para-hydroxylation sites is 2. The zero-order valence-corrected chi connectivity index (χ0v) is 17.4. The van der Waals surface area contributed by atoms with E-state index in [1.54, 1.807) is 0 Å². The lowest BCUT2D eigenvalue weighted by Gasteiger charge is -2.39. The normalized spacial score (nSPS) is 22.8. The minimum atomic E-state index is -0.547. The molecule has 1 aromatic carbocycles. The Kier molecular flexibility index (Phi) is 6.24. The van der Waals surface area contributed by atoms with Gasteiger partial charge in [0, 0.05) is 25.2 Å². The van der Waals surface area contributed by atoms with E-state index in [1.165, 1.54) is 39.0 Å². The molecule has 2 heterocycles. The Bertz CT molecular complexity index is 927. The Morgan fingerprint density at radius 2 is 1.83 bits per heavy atom. The smallest absolute Gasteiger partial charge is 0.279 e. The van der Waals surface area contributed by atoms with Gasteiger partial charge in [-0.15, -0.1) is 0 Å². The zero-order chi connectivity index (χ0) is 21.1. The van der Waals surface area contributed by atoms with Gasteiger partial charge in [0.2, 0.25) is 0 Å². The summed E-state index contributed by atoms with van der Waals surface area (Å²) in [6.45, 7) is 2.58. The van der Waals surface area contributed by atoms with Crippen LogP contribution in [0.15, 0.2) is 24.3 Å². The van der Waals surface area contributed by atoms with E-state index in [2.05, 4.69) is 15.6 Å². The molecule has 1 amide bonds. The van der Waals surface area contributed by atoms with Gasteiger partial charge in [0.15, 0.2) is 11.5 Å². The number of aromatic nitrogens is 2. The van der Waals surface area contributed by atoms with Crippen LogP contribution in [0.5, 0.6) is 0 Å². The number of piperidine rings is 1. The molecule has 1 aromatic heterocycles. The summed E-state index contributed by atoms with van der Waals surface area (Å²) in [6.07, 6.45) is 6.40. The van der Waals surface area contributed by atoms with Crippen LogP contribution in [0.25, 0.3) is 11.0 Å². The molecule has 1 aliphatic heterocycles. The van der Waals surface area contributed by atoms with E-state index in [4.69, 9.17) is 10.4 Å². The van der Waals surface area contributed by atoms with Crippen LogP contribution in [0.2, 0.25) is 0 Å². The molecule has 1 aliphatic carbocycles. The van der Waals surface area contributed by atoms with Gasteiger partial charge < -0.3 is 20.6 Å². The summed E-state index contributed by atoms with van der Waals surface area (Å²) < 4.78 is 0. The van der Waals surface area contributed by atoms with E-state index < -0.39 is 12.0 Å². The molecular weight excluding hydrogens is 380 g/mol. The van der Waals surface area contributed by atoms with Crippen molar-refractivity contribution in [2.24, 2.45) is 0 Å². The van der Waals surface area contributed by atoms with Gasteiger partial charge >= 0.3 is 0 Å². The second-order valence-corrected chi connectivity index (χ2v) is 8.37. The van der Waals surface area contributed by atoms with Crippen LogP contribution in [-0.4, -0.2) is 58.1 Å². The van der Waals surface area contributed by atoms with Crippen LogP contribution >= 0.6 is 0 Å². The molecule has 2 aromatic rings. The number of amides is 1. The molecule has 0 radical (unpaired) electrons. The number of nitrogens with one attached hydrogen (secondary N) is 3. The summed E-state index contributed by atoms with van der Waals surface area (Å²) in [5, 5.41) is 24.6. The number of hydrogen-bond donors (Lipinski definition) is 4. The summed E-state index contributed by atoms with van der Waals surface area (Å²) in [5.41, 5.74) is 1.52. The van der Waals surface area contributed by atoms with Crippen molar-refractivity contribution >= 4 is 28.6 Å². The zero-order valence-electron chi connectivity index (χ0n) is 17.4. The van der Waals surface area contributed by atoms with Crippen molar-refractivity contribution in [2.75, 3.05) is 18.0 Å². The molecule has 1 saturated carbocycles. The van der Waals surface area contributed by atoms with Crippen LogP contribution < -0.4 is 15.5 Å². The molecule has 1 saturated heterocycles. The lowest BCUT2D eigenvalue weighted by atomic mass is 9.93. The number of benzene rings is 1. The summed E-state index contributed by atoms with van der Waals surface area (Å²) >= 11 is 0. The molecule has 160 valence electrons. The first-order valence-corrected chi connectivity index (χ1v) is 10.8. The lowest BCUT2D eigenvalue weighted by Crippen LogP contribution is -2.55. The minimum absolute atomic E-state index is 0.0522. The summed E-state index contributed by atoms with van der Waals surface area (Å²) in [7, 11) is 0. The van der Waals surface area contributed by atoms with Crippen molar-refractivity contribution in [2.45, 2.75) is 63.6 Å². The van der Waals surface area contributed by atoms with E-state index >= 15 is 0 Å². The van der Waals surface area contributed by atoms with Crippen molar-refractivity contribution in [3.8, 4) is 0 Å². The van der Waals surface area contributed by atoms with Crippen LogP contribution in [0.1, 0.15) is 55.9 Å². The quantitative estimate of drug-likeness (QED) is 0.454. The maximum Gasteiger partial charge on any atom is 0.279 e. The first-order chi connectivity index (χ1) is 14.5. The van der Waals surface area contributed by atoms with Crippen molar-refractivity contribution < 1.29 is 9.90 Å². The van der Waals surface area contributed by atoms with Gasteiger partial charge in [0.25, 0.3) is 5.91 Å². The Hall–Kier alpha value is -2.58. The highest BCUT2D eigenvalue weighted by Crippen LogP contribution is 2.26. The van der Waals surface area contributed by atoms with Crippen molar-refractivity contribution in [1.82, 2.24) is 20.6 Å². The second-order valence-electron chi connectivity index (χ2n) is 8.37. The monoisotopic (exact) mass is 410 g/mol. The standard InChI is InChI=1S/C22H30N6O2/c1-14(23)24-22(30)20-21(27-17-10-6-5-9-16(17)26-20)28-12-11-18(19(29)13-28)25-15-7-3-2-4-8-15/h5-6,9-10,15,18-19,25,29H,2-4,7-8,11-13H2,1H3,(H2,23,24,30)/t18-,19+/m0/s1. The van der Waals surface area contributed by atoms with Crippen LogP contribution in [0.3, 0.4) is 0 Å². The van der Waals surface area contributed by atoms with Gasteiger partial charge in [-0.3, -0.25) is 10.2 Å². The Balaban J connectivity index is 1.56. The SMILES string of the molecule is CC(=N)NC(=O)c1nc2ccccc2nc1N1CC[C@H](NC2CCCCC2)[C@H](O)C1. The number of carbonyl (C=O) groups excluding carboxylic acids is 1. The van der Waals surface area contributed by atoms with E-state index in [0.29, 0.717) is 36.0 Å². The van der Waals surface area contributed by atoms with Crippen LogP contribution in [-0.2, 0) is 0 Å². The fraction of sp³-hybridized carbons (Fsp3) is 0.545. The molecule has 30 heavy (non-hydrogen) atoms. The molecule has 0 spiro atoms. The third-order valence-corrected chi connectivity index (χ3v) is 6.00. The van der Waals surface area contributed by atoms with Crippen molar-refractivity contribution in [3.05, 3.63) is 30.0 Å². The fourth-order valence-electron chi connectivity index (χ4n) is 4.48. The van der Waals surface area contributed by atoms with E-state index in [0.717, 1.165) is 6.42 Å². The highest BCUT2D eigenvalue weighted by Gasteiger charge is 2.32. The maximum atomic E-state index is 12.7. The summed E-state index contributed by atoms with van der Waals surface area (Å²) in [6, 6.07) is 7.96. The van der Waals surface area contributed by atoms with Crippen molar-refractivity contribution in [1.29, 1.82) is 5.41 Å². The molecular formula is C22H30N6O2. The van der Waals surface area contributed by atoms with Gasteiger partial charge in [-0.05, 0) is 38.3 Å². The number of nitrogens with zero attached hydrogens (tertiary/aromatic N) is 3. The van der Waals surface area contributed by atoms with Gasteiger partial charge in [0.1, 0.15) is 0 Å². The number of hydrogen-bond acceptors (Lipinski definition) is 7. The third kappa shape index (κ3) is 4.60. The van der Waals surface area contributed by atoms with Crippen LogP contribution in [0, 0.1) is 5.41 Å². The first kappa shape index (κ1) is 20.7. The highest BCUT2D eigenvalue weighted by atomic mass is 16.3. The molecule has 2 fully saturated rings. The molecule has 4 rings (SSSR count). The average molecular weight is 411 g/mol. The Morgan fingerprint density at radius 3 is 2.50 bits per heavy atom. The number of amidine groups is 1. The predicted octanol–water partition coefficient (Wildman–Crippen LogP) is 2.22. The molecule has 2 atom stereocenters. The van der Waals surface area contributed by atoms with Gasteiger partial charge in [0.05, 0.1) is 23.0 Å². The van der Waals surface area contributed by atoms with E-state index in [9.17, 15) is 9.90 Å². The number of β-amino-alcohol motifs (C(OH)–C–C–N with tert-alkyl or cyclic N) is 1. The number of carbonyl (C=O) groups is 1. The second kappa shape index (κ2) is 9.06. The van der Waals surface area contributed by atoms with Crippen molar-refractivity contribution in [3.63, 3.8) is 0 Å². The largest absolute Gasteiger partial charge is 0.390 e. The van der Waals surface area contributed by atoms with Gasteiger partial charge in [-0.25, -0.2) is 9.97 Å². The molecule has 0 bridgehead atoms. The Morgan fingerprint density at radius 1 is 1.13 bits per heavy atom. The lowest BCUT2D eigenvalue weighted by molar-refractivity contribution is 0.0963.